The summed E-state index contributed by atoms with van der Waals surface area (Å²) >= 11 is 0. The van der Waals surface area contributed by atoms with Crippen molar-refractivity contribution in [2.75, 3.05) is 59.6 Å². The lowest BCUT2D eigenvalue weighted by atomic mass is 10.1. The van der Waals surface area contributed by atoms with Gasteiger partial charge in [0.05, 0.1) is 12.3 Å². The van der Waals surface area contributed by atoms with Crippen LogP contribution >= 0.6 is 0 Å². The maximum Gasteiger partial charge on any atom is 0.410 e. The van der Waals surface area contributed by atoms with Crippen LogP contribution in [0.15, 0.2) is 0 Å². The maximum absolute atomic E-state index is 13.2. The quantitative estimate of drug-likeness (QED) is 0.596. The van der Waals surface area contributed by atoms with Gasteiger partial charge in [-0.25, -0.2) is 22.3 Å². The van der Waals surface area contributed by atoms with Crippen molar-refractivity contribution in [3.05, 3.63) is 0 Å². The van der Waals surface area contributed by atoms with Gasteiger partial charge in [-0.2, -0.15) is 0 Å². The SMILES string of the molecule is CN(C(=O)OC(C)(C)C)[C@H]1CCN(C(=O)N(C)[C@@H]2CCN(C3CCN(S(C)(=O)=O)CC3)C2)C1. The van der Waals surface area contributed by atoms with Crippen LogP contribution < -0.4 is 0 Å². The summed E-state index contributed by atoms with van der Waals surface area (Å²) in [6.07, 6.45) is 4.25. The highest BCUT2D eigenvalue weighted by Gasteiger charge is 2.38. The fourth-order valence-corrected chi connectivity index (χ4v) is 5.92. The van der Waals surface area contributed by atoms with Gasteiger partial charge in [-0.1, -0.05) is 0 Å². The first-order valence-corrected chi connectivity index (χ1v) is 13.8. The topological polar surface area (TPSA) is 93.7 Å². The molecule has 3 saturated heterocycles. The molecule has 0 aromatic rings. The van der Waals surface area contributed by atoms with Gasteiger partial charge in [-0.05, 0) is 46.5 Å². The molecular formula is C22H41N5O5S. The van der Waals surface area contributed by atoms with Crippen molar-refractivity contribution < 1.29 is 22.7 Å². The van der Waals surface area contributed by atoms with Crippen molar-refractivity contribution in [2.45, 2.75) is 70.2 Å². The van der Waals surface area contributed by atoms with Crippen molar-refractivity contribution in [3.63, 3.8) is 0 Å². The predicted molar refractivity (Wildman–Crippen MR) is 127 cm³/mol. The Morgan fingerprint density at radius 3 is 2.03 bits per heavy atom. The molecule has 10 nitrogen and oxygen atoms in total. The molecule has 3 heterocycles. The summed E-state index contributed by atoms with van der Waals surface area (Å²) in [7, 11) is 0.486. The Balaban J connectivity index is 1.47. The highest BCUT2D eigenvalue weighted by atomic mass is 32.2. The molecule has 0 aromatic carbocycles. The zero-order valence-corrected chi connectivity index (χ0v) is 21.8. The number of hydrogen-bond acceptors (Lipinski definition) is 6. The summed E-state index contributed by atoms with van der Waals surface area (Å²) in [5.74, 6) is 0. The summed E-state index contributed by atoms with van der Waals surface area (Å²) in [5.41, 5.74) is -0.546. The first kappa shape index (κ1) is 26.0. The van der Waals surface area contributed by atoms with Crippen LogP contribution in [-0.4, -0.2) is 128 Å². The Labute approximate surface area is 198 Å². The van der Waals surface area contributed by atoms with E-state index in [0.29, 0.717) is 32.2 Å². The zero-order valence-electron chi connectivity index (χ0n) is 21.0. The molecule has 3 aliphatic rings. The Morgan fingerprint density at radius 2 is 1.45 bits per heavy atom. The summed E-state index contributed by atoms with van der Waals surface area (Å²) in [5, 5.41) is 0. The van der Waals surface area contributed by atoms with Crippen LogP contribution in [0.2, 0.25) is 0 Å². The Bertz CT molecular complexity index is 822. The minimum atomic E-state index is -3.12. The van der Waals surface area contributed by atoms with Crippen molar-refractivity contribution in [1.82, 2.24) is 23.9 Å². The van der Waals surface area contributed by atoms with Crippen molar-refractivity contribution in [1.29, 1.82) is 0 Å². The summed E-state index contributed by atoms with van der Waals surface area (Å²) in [6, 6.07) is 0.481. The lowest BCUT2D eigenvalue weighted by molar-refractivity contribution is 0.0229. The lowest BCUT2D eigenvalue weighted by Gasteiger charge is -2.36. The molecular weight excluding hydrogens is 446 g/mol. The second-order valence-electron chi connectivity index (χ2n) is 10.7. The van der Waals surface area contributed by atoms with E-state index in [9.17, 15) is 18.0 Å². The molecule has 3 fully saturated rings. The number of urea groups is 1. The number of carbonyl (C=O) groups excluding carboxylic acids is 2. The smallest absolute Gasteiger partial charge is 0.410 e. The molecule has 190 valence electrons. The van der Waals surface area contributed by atoms with Gasteiger partial charge in [0, 0.05) is 65.4 Å². The second-order valence-corrected chi connectivity index (χ2v) is 12.7. The van der Waals surface area contributed by atoms with Gasteiger partial charge in [0.25, 0.3) is 0 Å². The van der Waals surface area contributed by atoms with E-state index in [4.69, 9.17) is 4.74 Å². The van der Waals surface area contributed by atoms with Gasteiger partial charge in [0.15, 0.2) is 0 Å². The predicted octanol–water partition coefficient (Wildman–Crippen LogP) is 1.48. The van der Waals surface area contributed by atoms with E-state index in [-0.39, 0.29) is 24.2 Å². The first-order valence-electron chi connectivity index (χ1n) is 11.9. The van der Waals surface area contributed by atoms with Gasteiger partial charge in [0.1, 0.15) is 5.60 Å². The molecule has 3 aliphatic heterocycles. The van der Waals surface area contributed by atoms with Gasteiger partial charge < -0.3 is 19.4 Å². The number of amides is 3. The fraction of sp³-hybridized carbons (Fsp3) is 0.909. The van der Waals surface area contributed by atoms with E-state index < -0.39 is 15.6 Å². The molecule has 0 bridgehead atoms. The molecule has 33 heavy (non-hydrogen) atoms. The maximum atomic E-state index is 13.2. The van der Waals surface area contributed by atoms with Crippen LogP contribution in [-0.2, 0) is 14.8 Å². The lowest BCUT2D eigenvalue weighted by Crippen LogP contribution is -2.49. The zero-order chi connectivity index (χ0) is 24.6. The molecule has 0 unspecified atom stereocenters. The van der Waals surface area contributed by atoms with Gasteiger partial charge in [0.2, 0.25) is 10.0 Å². The fourth-order valence-electron chi connectivity index (χ4n) is 5.05. The molecule has 0 spiro atoms. The van der Waals surface area contributed by atoms with Crippen LogP contribution in [0, 0.1) is 0 Å². The summed E-state index contributed by atoms with van der Waals surface area (Å²) in [6.45, 7) is 9.56. The van der Waals surface area contributed by atoms with Gasteiger partial charge >= 0.3 is 12.1 Å². The number of piperidine rings is 1. The number of likely N-dealkylation sites (N-methyl/N-ethyl adjacent to an activating group) is 2. The van der Waals surface area contributed by atoms with Gasteiger partial charge in [-0.3, -0.25) is 4.90 Å². The number of hydrogen-bond donors (Lipinski definition) is 0. The molecule has 3 amide bonds. The number of rotatable bonds is 4. The largest absolute Gasteiger partial charge is 0.444 e. The number of carbonyl (C=O) groups is 2. The molecule has 11 heteroatoms. The standard InChI is InChI=1S/C22H41N5O5S/c1-22(2,3)32-21(29)24(5)19-8-12-26(16-19)20(28)23(4)18-7-11-25(15-18)17-9-13-27(14-10-17)33(6,30)31/h17-19H,7-16H2,1-6H3/t18-,19+/m1/s1. The van der Waals surface area contributed by atoms with Crippen molar-refractivity contribution >= 4 is 22.1 Å². The minimum absolute atomic E-state index is 0.00818. The van der Waals surface area contributed by atoms with Crippen molar-refractivity contribution in [3.8, 4) is 0 Å². The van der Waals surface area contributed by atoms with Crippen LogP contribution in [0.1, 0.15) is 46.5 Å². The van der Waals surface area contributed by atoms with Crippen LogP contribution in [0.25, 0.3) is 0 Å². The minimum Gasteiger partial charge on any atom is -0.444 e. The first-order chi connectivity index (χ1) is 15.3. The summed E-state index contributed by atoms with van der Waals surface area (Å²) in [4.78, 5) is 33.2. The van der Waals surface area contributed by atoms with Gasteiger partial charge in [-0.15, -0.1) is 0 Å². The van der Waals surface area contributed by atoms with E-state index in [2.05, 4.69) is 4.90 Å². The van der Waals surface area contributed by atoms with Crippen LogP contribution in [0.4, 0.5) is 9.59 Å². The van der Waals surface area contributed by atoms with Crippen LogP contribution in [0.3, 0.4) is 0 Å². The molecule has 0 N–H and O–H groups in total. The van der Waals surface area contributed by atoms with E-state index >= 15 is 0 Å². The van der Waals surface area contributed by atoms with E-state index in [1.54, 1.807) is 16.3 Å². The third-order valence-corrected chi connectivity index (χ3v) is 8.42. The number of nitrogens with zero attached hydrogens (tertiary/aromatic N) is 5. The van der Waals surface area contributed by atoms with E-state index in [1.165, 1.54) is 6.26 Å². The normalized spacial score (nSPS) is 25.9. The highest BCUT2D eigenvalue weighted by molar-refractivity contribution is 7.88. The highest BCUT2D eigenvalue weighted by Crippen LogP contribution is 2.26. The molecule has 0 radical (unpaired) electrons. The molecule has 0 aliphatic carbocycles. The Morgan fingerprint density at radius 1 is 0.879 bits per heavy atom. The number of likely N-dealkylation sites (tertiary alicyclic amines) is 2. The van der Waals surface area contributed by atoms with Crippen molar-refractivity contribution in [2.24, 2.45) is 0 Å². The summed E-state index contributed by atoms with van der Waals surface area (Å²) < 4.78 is 30.5. The third kappa shape index (κ3) is 6.51. The van der Waals surface area contributed by atoms with E-state index in [0.717, 1.165) is 38.8 Å². The average molecular weight is 488 g/mol. The number of ether oxygens (including phenoxy) is 1. The molecule has 0 saturated carbocycles. The molecule has 0 aromatic heterocycles. The monoisotopic (exact) mass is 487 g/mol. The second kappa shape index (κ2) is 9.95. The van der Waals surface area contributed by atoms with E-state index in [1.807, 2.05) is 37.6 Å². The Kier molecular flexibility index (Phi) is 7.85. The Hall–Kier alpha value is -1.59. The average Bonchev–Trinajstić information content (AvgIpc) is 3.40. The third-order valence-electron chi connectivity index (χ3n) is 7.12. The molecule has 2 atom stereocenters. The molecule has 3 rings (SSSR count). The number of sulfonamides is 1. The van der Waals surface area contributed by atoms with Crippen LogP contribution in [0.5, 0.6) is 0 Å².